The third-order valence-corrected chi connectivity index (χ3v) is 4.41. The van der Waals surface area contributed by atoms with Gasteiger partial charge in [-0.2, -0.15) is 0 Å². The molecule has 23 heavy (non-hydrogen) atoms. The van der Waals surface area contributed by atoms with E-state index in [0.717, 1.165) is 15.7 Å². The highest BCUT2D eigenvalue weighted by molar-refractivity contribution is 7.15. The van der Waals surface area contributed by atoms with Gasteiger partial charge in [0.05, 0.1) is 12.2 Å². The van der Waals surface area contributed by atoms with Crippen molar-refractivity contribution in [3.8, 4) is 0 Å². The van der Waals surface area contributed by atoms with Crippen LogP contribution in [0.15, 0.2) is 24.3 Å². The van der Waals surface area contributed by atoms with Crippen LogP contribution in [-0.2, 0) is 11.3 Å². The first-order valence-corrected chi connectivity index (χ1v) is 8.53. The topological polar surface area (TPSA) is 68.5 Å². The van der Waals surface area contributed by atoms with Crippen LogP contribution in [0.2, 0.25) is 0 Å². The van der Waals surface area contributed by atoms with E-state index in [4.69, 9.17) is 10.5 Å². The molecule has 1 amide bonds. The summed E-state index contributed by atoms with van der Waals surface area (Å²) < 4.78 is 5.35. The van der Waals surface area contributed by atoms with Gasteiger partial charge in [0.2, 0.25) is 0 Å². The van der Waals surface area contributed by atoms with E-state index >= 15 is 0 Å². The molecule has 0 fully saturated rings. The van der Waals surface area contributed by atoms with E-state index in [-0.39, 0.29) is 12.0 Å². The lowest BCUT2D eigenvalue weighted by Crippen LogP contribution is -2.33. The quantitative estimate of drug-likeness (QED) is 0.908. The number of allylic oxidation sites excluding steroid dienone is 4. The van der Waals surface area contributed by atoms with Crippen LogP contribution in [0.4, 0.5) is 9.80 Å². The molecule has 1 heterocycles. The Morgan fingerprint density at radius 3 is 2.65 bits per heavy atom. The molecule has 126 valence electrons. The third kappa shape index (κ3) is 4.58. The zero-order chi connectivity index (χ0) is 17.2. The molecule has 0 bridgehead atoms. The Morgan fingerprint density at radius 1 is 1.39 bits per heavy atom. The molecule has 0 saturated carbocycles. The number of nitrogens with zero attached hydrogens (tertiary/aromatic N) is 2. The van der Waals surface area contributed by atoms with Gasteiger partial charge in [0.15, 0.2) is 0 Å². The van der Waals surface area contributed by atoms with Crippen LogP contribution in [0.3, 0.4) is 0 Å². The molecular formula is C17H25N3O2S. The summed E-state index contributed by atoms with van der Waals surface area (Å²) in [5.74, 6) is 0.553. The lowest BCUT2D eigenvalue weighted by molar-refractivity contribution is 0.0285. The number of nitrogens with two attached hydrogens (primary N) is 1. The van der Waals surface area contributed by atoms with Gasteiger partial charge in [-0.05, 0) is 26.7 Å². The van der Waals surface area contributed by atoms with Crippen molar-refractivity contribution < 1.29 is 9.53 Å². The number of carbonyl (C=O) groups excluding carboxylic acids is 1. The maximum absolute atomic E-state index is 12.0. The summed E-state index contributed by atoms with van der Waals surface area (Å²) in [4.78, 5) is 18.2. The first-order valence-electron chi connectivity index (χ1n) is 7.71. The molecule has 2 atom stereocenters. The maximum atomic E-state index is 12.0. The molecule has 1 aromatic rings. The van der Waals surface area contributed by atoms with Gasteiger partial charge in [-0.25, -0.2) is 9.78 Å². The summed E-state index contributed by atoms with van der Waals surface area (Å²) in [7, 11) is 1.71. The van der Waals surface area contributed by atoms with E-state index in [0.29, 0.717) is 12.5 Å². The summed E-state index contributed by atoms with van der Waals surface area (Å²) >= 11 is 1.43. The van der Waals surface area contributed by atoms with Gasteiger partial charge >= 0.3 is 6.09 Å². The van der Waals surface area contributed by atoms with Crippen LogP contribution < -0.4 is 5.73 Å². The Balaban J connectivity index is 2.08. The van der Waals surface area contributed by atoms with E-state index in [2.05, 4.69) is 24.1 Å². The average Bonchev–Trinajstić information content (AvgIpc) is 2.78. The second-order valence-electron chi connectivity index (χ2n) is 6.85. The van der Waals surface area contributed by atoms with E-state index in [1.165, 1.54) is 16.2 Å². The Morgan fingerprint density at radius 2 is 2.04 bits per heavy atom. The van der Waals surface area contributed by atoms with Crippen molar-refractivity contribution in [1.29, 1.82) is 0 Å². The van der Waals surface area contributed by atoms with Crippen LogP contribution in [0, 0.1) is 5.92 Å². The first kappa shape index (κ1) is 17.5. The zero-order valence-electron chi connectivity index (χ0n) is 14.4. The number of ether oxygens (including phenoxy) is 1. The minimum atomic E-state index is -0.507. The molecule has 2 N–H and O–H groups in total. The molecule has 0 spiro atoms. The average molecular weight is 335 g/mol. The number of amides is 1. The van der Waals surface area contributed by atoms with Crippen molar-refractivity contribution in [2.24, 2.45) is 5.92 Å². The van der Waals surface area contributed by atoms with Gasteiger partial charge in [0.1, 0.15) is 15.6 Å². The van der Waals surface area contributed by atoms with E-state index in [1.807, 2.05) is 32.9 Å². The van der Waals surface area contributed by atoms with Crippen molar-refractivity contribution in [2.45, 2.75) is 45.8 Å². The molecule has 0 aliphatic heterocycles. The largest absolute Gasteiger partial charge is 0.444 e. The molecule has 6 heteroatoms. The van der Waals surface area contributed by atoms with Gasteiger partial charge in [-0.1, -0.05) is 42.6 Å². The van der Waals surface area contributed by atoms with Gasteiger partial charge in [0.25, 0.3) is 0 Å². The second kappa shape index (κ2) is 6.74. The van der Waals surface area contributed by atoms with E-state index in [9.17, 15) is 4.79 Å². The van der Waals surface area contributed by atoms with Crippen molar-refractivity contribution in [3.05, 3.63) is 35.0 Å². The van der Waals surface area contributed by atoms with E-state index in [1.54, 1.807) is 7.05 Å². The van der Waals surface area contributed by atoms with E-state index < -0.39 is 5.60 Å². The summed E-state index contributed by atoms with van der Waals surface area (Å²) in [6.07, 6.45) is 7.98. The summed E-state index contributed by atoms with van der Waals surface area (Å²) in [5, 5.41) is 1.54. The van der Waals surface area contributed by atoms with Gasteiger partial charge in [-0.15, -0.1) is 0 Å². The monoisotopic (exact) mass is 335 g/mol. The highest BCUT2D eigenvalue weighted by Gasteiger charge is 2.24. The number of thiazole rings is 1. The molecule has 0 aromatic carbocycles. The summed E-state index contributed by atoms with van der Waals surface area (Å²) in [5.41, 5.74) is 6.54. The second-order valence-corrected chi connectivity index (χ2v) is 7.96. The normalized spacial score (nSPS) is 20.6. The highest BCUT2D eigenvalue weighted by Crippen LogP contribution is 2.35. The number of hydrogen-bond donors (Lipinski definition) is 1. The first-order chi connectivity index (χ1) is 10.7. The number of aromatic nitrogens is 1. The molecule has 2 unspecified atom stereocenters. The van der Waals surface area contributed by atoms with Crippen LogP contribution in [0.1, 0.15) is 44.3 Å². The van der Waals surface area contributed by atoms with Crippen molar-refractivity contribution in [3.63, 3.8) is 0 Å². The number of anilines is 1. The molecule has 2 rings (SSSR count). The molecule has 5 nitrogen and oxygen atoms in total. The van der Waals surface area contributed by atoms with Crippen molar-refractivity contribution in [2.75, 3.05) is 12.8 Å². The molecule has 1 aliphatic rings. The minimum Gasteiger partial charge on any atom is -0.444 e. The molecule has 1 aromatic heterocycles. The smallest absolute Gasteiger partial charge is 0.410 e. The van der Waals surface area contributed by atoms with Crippen molar-refractivity contribution >= 4 is 22.4 Å². The molecule has 0 radical (unpaired) electrons. The standard InChI is InChI=1S/C17H25N3O2S/c1-11-8-6-7-9-12(11)14-15(18)23-13(19-14)10-20(5)16(21)22-17(2,3)4/h6-9,11-12H,10,18H2,1-5H3. The van der Waals surface area contributed by atoms with Gasteiger partial charge in [0, 0.05) is 13.0 Å². The van der Waals surface area contributed by atoms with Crippen molar-refractivity contribution in [1.82, 2.24) is 9.88 Å². The fraction of sp³-hybridized carbons (Fsp3) is 0.529. The van der Waals surface area contributed by atoms with Crippen LogP contribution in [0.5, 0.6) is 0 Å². The lowest BCUT2D eigenvalue weighted by atomic mass is 9.87. The number of rotatable bonds is 3. The fourth-order valence-corrected chi connectivity index (χ4v) is 3.31. The number of hydrogen-bond acceptors (Lipinski definition) is 5. The number of carbonyl (C=O) groups is 1. The SMILES string of the molecule is CC1C=CC=CC1c1nc(CN(C)C(=O)OC(C)(C)C)sc1N. The lowest BCUT2D eigenvalue weighted by Gasteiger charge is -2.24. The third-order valence-electron chi connectivity index (χ3n) is 3.53. The zero-order valence-corrected chi connectivity index (χ0v) is 15.2. The number of nitrogen functional groups attached to an aromatic ring is 1. The van der Waals surface area contributed by atoms with Gasteiger partial charge < -0.3 is 15.4 Å². The summed E-state index contributed by atoms with van der Waals surface area (Å²) in [6.45, 7) is 8.09. The predicted octanol–water partition coefficient (Wildman–Crippen LogP) is 3.94. The van der Waals surface area contributed by atoms with Crippen LogP contribution in [-0.4, -0.2) is 28.6 Å². The summed E-state index contributed by atoms with van der Waals surface area (Å²) in [6, 6.07) is 0. The molecule has 1 aliphatic carbocycles. The predicted molar refractivity (Wildman–Crippen MR) is 94.4 cm³/mol. The fourth-order valence-electron chi connectivity index (χ4n) is 2.36. The highest BCUT2D eigenvalue weighted by atomic mass is 32.1. The van der Waals surface area contributed by atoms with Crippen LogP contribution >= 0.6 is 11.3 Å². The Labute approximate surface area is 141 Å². The Hall–Kier alpha value is -1.82. The Kier molecular flexibility index (Phi) is 5.14. The Bertz CT molecular complexity index is 628. The molecule has 0 saturated heterocycles. The van der Waals surface area contributed by atoms with Crippen LogP contribution in [0.25, 0.3) is 0 Å². The maximum Gasteiger partial charge on any atom is 0.410 e. The minimum absolute atomic E-state index is 0.192. The molecular weight excluding hydrogens is 310 g/mol. The van der Waals surface area contributed by atoms with Gasteiger partial charge in [-0.3, -0.25) is 0 Å².